The number of piperidine rings is 1. The molecule has 0 saturated carbocycles. The first-order chi connectivity index (χ1) is 14.8. The molecule has 0 aliphatic carbocycles. The maximum absolute atomic E-state index is 12.7. The van der Waals surface area contributed by atoms with Crippen molar-refractivity contribution in [1.29, 1.82) is 0 Å². The molecule has 0 radical (unpaired) electrons. The maximum Gasteiger partial charge on any atom is 0.288 e. The quantitative estimate of drug-likeness (QED) is 0.575. The number of rotatable bonds is 7. The Labute approximate surface area is 185 Å². The predicted molar refractivity (Wildman–Crippen MR) is 118 cm³/mol. The van der Waals surface area contributed by atoms with Gasteiger partial charge in [0.25, 0.3) is 17.6 Å². The molecule has 1 N–H and O–H groups in total. The molecular formula is C23H26F2N2O3S. The summed E-state index contributed by atoms with van der Waals surface area (Å²) in [6.45, 7) is 4.05. The van der Waals surface area contributed by atoms with Crippen molar-refractivity contribution >= 4 is 29.3 Å². The number of ether oxygens (including phenoxy) is 1. The lowest BCUT2D eigenvalue weighted by Gasteiger charge is -2.38. The molecule has 8 heteroatoms. The number of benzene rings is 2. The summed E-state index contributed by atoms with van der Waals surface area (Å²) in [6.07, 6.45) is 3.12. The summed E-state index contributed by atoms with van der Waals surface area (Å²) >= 11 is 0.382. The summed E-state index contributed by atoms with van der Waals surface area (Å²) in [5.41, 5.74) is 0.683. The molecule has 1 fully saturated rings. The molecule has 166 valence electrons. The molecule has 2 aromatic carbocycles. The van der Waals surface area contributed by atoms with Crippen LogP contribution in [0.4, 0.5) is 14.5 Å². The number of carbonyl (C=O) groups is 2. The number of anilines is 1. The van der Waals surface area contributed by atoms with Gasteiger partial charge < -0.3 is 15.0 Å². The molecule has 2 atom stereocenters. The molecule has 2 aromatic rings. The van der Waals surface area contributed by atoms with Crippen LogP contribution < -0.4 is 10.1 Å². The highest BCUT2D eigenvalue weighted by Gasteiger charge is 2.29. The smallest absolute Gasteiger partial charge is 0.288 e. The van der Waals surface area contributed by atoms with Crippen LogP contribution in [-0.4, -0.2) is 41.2 Å². The third-order valence-electron chi connectivity index (χ3n) is 5.31. The minimum Gasteiger partial charge on any atom is -0.484 e. The summed E-state index contributed by atoms with van der Waals surface area (Å²) in [5.74, 6) is -2.56. The molecule has 2 unspecified atom stereocenters. The molecule has 1 aliphatic rings. The van der Waals surface area contributed by atoms with Crippen molar-refractivity contribution in [3.8, 4) is 5.75 Å². The standard InChI is InChI=1S/C23H26F2N2O3S/c1-15-6-5-7-16(2)27(15)21(28)14-30-18-12-10-17(11-13-18)22(29)26-19-8-3-4-9-20(19)31-23(24)25/h3-4,8-13,15-16,23H,5-7,14H2,1-2H3,(H,26,29). The number of nitrogens with zero attached hydrogens (tertiary/aromatic N) is 1. The van der Waals surface area contributed by atoms with Gasteiger partial charge in [-0.3, -0.25) is 9.59 Å². The molecule has 0 spiro atoms. The van der Waals surface area contributed by atoms with Crippen molar-refractivity contribution in [1.82, 2.24) is 4.90 Å². The SMILES string of the molecule is CC1CCCC(C)N1C(=O)COc1ccc(C(=O)Nc2ccccc2SC(F)F)cc1. The fourth-order valence-electron chi connectivity index (χ4n) is 3.80. The molecule has 3 rings (SSSR count). The van der Waals surface area contributed by atoms with Crippen LogP contribution in [-0.2, 0) is 4.79 Å². The lowest BCUT2D eigenvalue weighted by atomic mass is 9.97. The molecule has 1 saturated heterocycles. The monoisotopic (exact) mass is 448 g/mol. The predicted octanol–water partition coefficient (Wildman–Crippen LogP) is 5.42. The number of halogens is 2. The van der Waals surface area contributed by atoms with E-state index in [0.29, 0.717) is 33.7 Å². The molecule has 5 nitrogen and oxygen atoms in total. The average molecular weight is 449 g/mol. The molecular weight excluding hydrogens is 422 g/mol. The highest BCUT2D eigenvalue weighted by Crippen LogP contribution is 2.32. The fraction of sp³-hybridized carbons (Fsp3) is 0.391. The van der Waals surface area contributed by atoms with E-state index < -0.39 is 11.7 Å². The first-order valence-corrected chi connectivity index (χ1v) is 11.1. The Kier molecular flexibility index (Phi) is 7.90. The van der Waals surface area contributed by atoms with Gasteiger partial charge in [0, 0.05) is 22.5 Å². The Morgan fingerprint density at radius 2 is 1.74 bits per heavy atom. The second-order valence-corrected chi connectivity index (χ2v) is 8.60. The summed E-state index contributed by atoms with van der Waals surface area (Å²) in [4.78, 5) is 27.2. The van der Waals surface area contributed by atoms with Gasteiger partial charge in [-0.25, -0.2) is 0 Å². The van der Waals surface area contributed by atoms with Crippen molar-refractivity contribution in [3.63, 3.8) is 0 Å². The molecule has 0 bridgehead atoms. The Hall–Kier alpha value is -2.61. The van der Waals surface area contributed by atoms with Crippen LogP contribution in [0, 0.1) is 0 Å². The van der Waals surface area contributed by atoms with E-state index in [9.17, 15) is 18.4 Å². The van der Waals surface area contributed by atoms with Gasteiger partial charge in [0.1, 0.15) is 5.75 Å². The van der Waals surface area contributed by atoms with Crippen LogP contribution in [0.1, 0.15) is 43.5 Å². The largest absolute Gasteiger partial charge is 0.484 e. The molecule has 1 heterocycles. The van der Waals surface area contributed by atoms with Crippen LogP contribution in [0.15, 0.2) is 53.4 Å². The van der Waals surface area contributed by atoms with Gasteiger partial charge in [0.05, 0.1) is 5.69 Å². The van der Waals surface area contributed by atoms with Crippen LogP contribution in [0.25, 0.3) is 0 Å². The second kappa shape index (κ2) is 10.6. The van der Waals surface area contributed by atoms with Crippen molar-refractivity contribution in [2.45, 2.75) is 55.8 Å². The number of hydrogen-bond donors (Lipinski definition) is 1. The van der Waals surface area contributed by atoms with Crippen molar-refractivity contribution in [2.75, 3.05) is 11.9 Å². The molecule has 2 amide bonds. The summed E-state index contributed by atoms with van der Waals surface area (Å²) in [6, 6.07) is 13.2. The molecule has 0 aromatic heterocycles. The minimum absolute atomic E-state index is 0.0466. The van der Waals surface area contributed by atoms with E-state index in [1.165, 1.54) is 6.07 Å². The topological polar surface area (TPSA) is 58.6 Å². The molecule has 31 heavy (non-hydrogen) atoms. The zero-order chi connectivity index (χ0) is 22.4. The van der Waals surface area contributed by atoms with Crippen LogP contribution in [0.5, 0.6) is 5.75 Å². The average Bonchev–Trinajstić information content (AvgIpc) is 2.73. The number of nitrogens with one attached hydrogen (secondary N) is 1. The zero-order valence-electron chi connectivity index (χ0n) is 17.5. The number of carbonyl (C=O) groups excluding carboxylic acids is 2. The van der Waals surface area contributed by atoms with Gasteiger partial charge in [0.2, 0.25) is 0 Å². The van der Waals surface area contributed by atoms with Crippen molar-refractivity contribution < 1.29 is 23.1 Å². The van der Waals surface area contributed by atoms with Crippen LogP contribution in [0.3, 0.4) is 0 Å². The number of amides is 2. The first-order valence-electron chi connectivity index (χ1n) is 10.2. The number of alkyl halides is 2. The lowest BCUT2D eigenvalue weighted by molar-refractivity contribution is -0.139. The Morgan fingerprint density at radius 1 is 1.10 bits per heavy atom. The third kappa shape index (κ3) is 6.19. The van der Waals surface area contributed by atoms with E-state index in [1.807, 2.05) is 4.90 Å². The van der Waals surface area contributed by atoms with Gasteiger partial charge in [-0.05, 0) is 69.5 Å². The van der Waals surface area contributed by atoms with Gasteiger partial charge in [0.15, 0.2) is 6.61 Å². The summed E-state index contributed by atoms with van der Waals surface area (Å²) in [5, 5.41) is 2.66. The van der Waals surface area contributed by atoms with E-state index in [4.69, 9.17) is 4.74 Å². The number of thioether (sulfide) groups is 1. The van der Waals surface area contributed by atoms with E-state index in [1.54, 1.807) is 42.5 Å². The van der Waals surface area contributed by atoms with Crippen molar-refractivity contribution in [3.05, 3.63) is 54.1 Å². The third-order valence-corrected chi connectivity index (χ3v) is 6.10. The van der Waals surface area contributed by atoms with Gasteiger partial charge in [-0.15, -0.1) is 0 Å². The summed E-state index contributed by atoms with van der Waals surface area (Å²) in [7, 11) is 0. The lowest BCUT2D eigenvalue weighted by Crippen LogP contribution is -2.49. The van der Waals surface area contributed by atoms with E-state index in [0.717, 1.165) is 19.3 Å². The minimum atomic E-state index is -2.58. The Morgan fingerprint density at radius 3 is 2.39 bits per heavy atom. The zero-order valence-corrected chi connectivity index (χ0v) is 18.3. The van der Waals surface area contributed by atoms with Crippen molar-refractivity contribution in [2.24, 2.45) is 0 Å². The summed E-state index contributed by atoms with van der Waals surface area (Å²) < 4.78 is 31.0. The van der Waals surface area contributed by atoms with Gasteiger partial charge in [-0.1, -0.05) is 23.9 Å². The van der Waals surface area contributed by atoms with Crippen LogP contribution >= 0.6 is 11.8 Å². The van der Waals surface area contributed by atoms with Gasteiger partial charge >= 0.3 is 0 Å². The van der Waals surface area contributed by atoms with E-state index in [2.05, 4.69) is 19.2 Å². The normalized spacial score (nSPS) is 18.7. The number of para-hydroxylation sites is 1. The molecule has 1 aliphatic heterocycles. The fourth-order valence-corrected chi connectivity index (χ4v) is 4.39. The first kappa shape index (κ1) is 23.1. The van der Waals surface area contributed by atoms with E-state index >= 15 is 0 Å². The maximum atomic E-state index is 12.7. The van der Waals surface area contributed by atoms with Gasteiger partial charge in [-0.2, -0.15) is 8.78 Å². The Bertz CT molecular complexity index is 898. The van der Waals surface area contributed by atoms with Crippen LogP contribution in [0.2, 0.25) is 0 Å². The Balaban J connectivity index is 1.58. The number of likely N-dealkylation sites (tertiary alicyclic amines) is 1. The highest BCUT2D eigenvalue weighted by atomic mass is 32.2. The number of hydrogen-bond acceptors (Lipinski definition) is 4. The van der Waals surface area contributed by atoms with E-state index in [-0.39, 0.29) is 24.6 Å². The second-order valence-electron chi connectivity index (χ2n) is 7.57. The highest BCUT2D eigenvalue weighted by molar-refractivity contribution is 7.99.